The maximum atomic E-state index is 12.8. The minimum Gasteiger partial charge on any atom is -0.355 e. The second kappa shape index (κ2) is 6.37. The number of hydrogen-bond acceptors (Lipinski definition) is 2. The van der Waals surface area contributed by atoms with Crippen molar-refractivity contribution in [1.29, 1.82) is 0 Å². The summed E-state index contributed by atoms with van der Waals surface area (Å²) in [5.41, 5.74) is 3.47. The Kier molecular flexibility index (Phi) is 4.42. The average molecular weight is 355 g/mol. The number of hydrogen-bond donors (Lipinski definition) is 2. The quantitative estimate of drug-likeness (QED) is 0.861. The van der Waals surface area contributed by atoms with Gasteiger partial charge in [0.25, 0.3) is 0 Å². The number of benzene rings is 1. The Morgan fingerprint density at radius 1 is 1.12 bits per heavy atom. The lowest BCUT2D eigenvalue weighted by Crippen LogP contribution is -2.46. The highest BCUT2D eigenvalue weighted by Gasteiger charge is 2.57. The molecule has 1 aromatic carbocycles. The Balaban J connectivity index is 1.39. The van der Waals surface area contributed by atoms with Crippen LogP contribution in [-0.2, 0) is 15.6 Å². The third-order valence-corrected chi connectivity index (χ3v) is 7.38. The zero-order valence-corrected chi connectivity index (χ0v) is 16.7. The summed E-state index contributed by atoms with van der Waals surface area (Å²) >= 11 is 0. The largest absolute Gasteiger partial charge is 0.355 e. The van der Waals surface area contributed by atoms with Gasteiger partial charge in [0.15, 0.2) is 0 Å². The Bertz CT molecular complexity index is 660. The molecule has 1 amide bonds. The Hall–Kier alpha value is -1.35. The highest BCUT2D eigenvalue weighted by molar-refractivity contribution is 5.82. The number of carbonyl (C=O) groups is 1. The molecular formula is C23H34N2O. The van der Waals surface area contributed by atoms with Crippen LogP contribution in [0.3, 0.4) is 0 Å². The van der Waals surface area contributed by atoms with Gasteiger partial charge in [-0.05, 0) is 67.2 Å². The van der Waals surface area contributed by atoms with Crippen molar-refractivity contribution in [1.82, 2.24) is 10.6 Å². The topological polar surface area (TPSA) is 41.1 Å². The first-order valence-electron chi connectivity index (χ1n) is 10.4. The molecule has 1 atom stereocenters. The molecule has 1 spiro atoms. The van der Waals surface area contributed by atoms with Crippen LogP contribution in [0.2, 0.25) is 0 Å². The van der Waals surface area contributed by atoms with E-state index in [0.717, 1.165) is 26.1 Å². The van der Waals surface area contributed by atoms with Crippen LogP contribution < -0.4 is 10.6 Å². The van der Waals surface area contributed by atoms with Crippen molar-refractivity contribution in [2.24, 2.45) is 11.3 Å². The van der Waals surface area contributed by atoms with Crippen LogP contribution in [0.1, 0.15) is 70.4 Å². The number of nitrogens with one attached hydrogen (secondary N) is 2. The maximum absolute atomic E-state index is 12.8. The molecule has 1 heterocycles. The molecule has 3 aliphatic rings. The van der Waals surface area contributed by atoms with Gasteiger partial charge >= 0.3 is 0 Å². The van der Waals surface area contributed by atoms with Crippen LogP contribution in [0.5, 0.6) is 0 Å². The highest BCUT2D eigenvalue weighted by Crippen LogP contribution is 2.58. The van der Waals surface area contributed by atoms with Crippen molar-refractivity contribution >= 4 is 5.91 Å². The van der Waals surface area contributed by atoms with E-state index in [0.29, 0.717) is 11.3 Å². The molecule has 2 N–H and O–H groups in total. The van der Waals surface area contributed by atoms with Gasteiger partial charge in [-0.15, -0.1) is 0 Å². The van der Waals surface area contributed by atoms with Gasteiger partial charge in [-0.3, -0.25) is 4.79 Å². The SMILES string of the molecule is CC(C)(C)c1ccc(C2(CNC(=O)C3CC34CCNCC4)CCC2)cc1. The van der Waals surface area contributed by atoms with Crippen molar-refractivity contribution in [2.75, 3.05) is 19.6 Å². The lowest BCUT2D eigenvalue weighted by molar-refractivity contribution is -0.123. The molecule has 3 fully saturated rings. The molecule has 1 aromatic rings. The molecule has 3 nitrogen and oxygen atoms in total. The van der Waals surface area contributed by atoms with Crippen LogP contribution in [0.15, 0.2) is 24.3 Å². The molecule has 142 valence electrons. The van der Waals surface area contributed by atoms with Crippen LogP contribution in [0.4, 0.5) is 0 Å². The van der Waals surface area contributed by atoms with E-state index in [1.807, 2.05) is 0 Å². The first-order valence-corrected chi connectivity index (χ1v) is 10.4. The lowest BCUT2D eigenvalue weighted by atomic mass is 9.64. The van der Waals surface area contributed by atoms with Gasteiger partial charge in [0.2, 0.25) is 5.91 Å². The third-order valence-electron chi connectivity index (χ3n) is 7.38. The highest BCUT2D eigenvalue weighted by atomic mass is 16.2. The summed E-state index contributed by atoms with van der Waals surface area (Å²) < 4.78 is 0. The van der Waals surface area contributed by atoms with Crippen molar-refractivity contribution in [2.45, 2.75) is 70.1 Å². The van der Waals surface area contributed by atoms with E-state index in [2.05, 4.69) is 55.7 Å². The molecule has 1 saturated heterocycles. The molecule has 2 aliphatic carbocycles. The second-order valence-electron chi connectivity index (χ2n) is 10.0. The number of amides is 1. The fourth-order valence-electron chi connectivity index (χ4n) is 5.07. The molecule has 26 heavy (non-hydrogen) atoms. The Morgan fingerprint density at radius 3 is 2.31 bits per heavy atom. The summed E-state index contributed by atoms with van der Waals surface area (Å²) in [5, 5.41) is 6.76. The standard InChI is InChI=1S/C23H34N2O/c1-21(2,3)17-5-7-18(8-6-17)23(9-4-10-23)16-25-20(26)19-15-22(19)11-13-24-14-12-22/h5-8,19,24H,4,9-16H2,1-3H3,(H,25,26). The molecular weight excluding hydrogens is 320 g/mol. The van der Waals surface area contributed by atoms with E-state index in [1.165, 1.54) is 43.2 Å². The van der Waals surface area contributed by atoms with Crippen LogP contribution in [0.25, 0.3) is 0 Å². The normalized spacial score (nSPS) is 26.2. The Labute approximate surface area is 158 Å². The zero-order chi connectivity index (χ0) is 18.4. The van der Waals surface area contributed by atoms with Gasteiger partial charge in [0.05, 0.1) is 0 Å². The molecule has 3 heteroatoms. The van der Waals surface area contributed by atoms with Crippen molar-refractivity contribution in [3.63, 3.8) is 0 Å². The van der Waals surface area contributed by atoms with E-state index < -0.39 is 0 Å². The first-order chi connectivity index (χ1) is 12.3. The van der Waals surface area contributed by atoms with E-state index in [4.69, 9.17) is 0 Å². The summed E-state index contributed by atoms with van der Waals surface area (Å²) in [7, 11) is 0. The summed E-state index contributed by atoms with van der Waals surface area (Å²) in [4.78, 5) is 12.8. The fourth-order valence-corrected chi connectivity index (χ4v) is 5.07. The minimum atomic E-state index is 0.169. The second-order valence-corrected chi connectivity index (χ2v) is 10.0. The molecule has 0 bridgehead atoms. The van der Waals surface area contributed by atoms with Gasteiger partial charge in [0, 0.05) is 17.9 Å². The predicted molar refractivity (Wildman–Crippen MR) is 106 cm³/mol. The third kappa shape index (κ3) is 3.19. The first kappa shape index (κ1) is 18.0. The smallest absolute Gasteiger partial charge is 0.223 e. The summed E-state index contributed by atoms with van der Waals surface area (Å²) in [5.74, 6) is 0.578. The van der Waals surface area contributed by atoms with E-state index in [9.17, 15) is 4.79 Å². The van der Waals surface area contributed by atoms with Gasteiger partial charge in [-0.1, -0.05) is 51.5 Å². The predicted octanol–water partition coefficient (Wildman–Crippen LogP) is 3.91. The van der Waals surface area contributed by atoms with Crippen molar-refractivity contribution in [3.8, 4) is 0 Å². The average Bonchev–Trinajstić information content (AvgIpc) is 3.27. The molecule has 0 aromatic heterocycles. The molecule has 0 radical (unpaired) electrons. The molecule has 1 unspecified atom stereocenters. The summed E-state index contributed by atoms with van der Waals surface area (Å²) in [6, 6.07) is 9.17. The van der Waals surface area contributed by atoms with Crippen LogP contribution >= 0.6 is 0 Å². The number of piperidine rings is 1. The minimum absolute atomic E-state index is 0.169. The monoisotopic (exact) mass is 354 g/mol. The van der Waals surface area contributed by atoms with Crippen molar-refractivity contribution < 1.29 is 4.79 Å². The van der Waals surface area contributed by atoms with Crippen molar-refractivity contribution in [3.05, 3.63) is 35.4 Å². The van der Waals surface area contributed by atoms with Gasteiger partial charge in [-0.25, -0.2) is 0 Å². The number of rotatable bonds is 4. The van der Waals surface area contributed by atoms with E-state index >= 15 is 0 Å². The van der Waals surface area contributed by atoms with E-state index in [-0.39, 0.29) is 16.7 Å². The van der Waals surface area contributed by atoms with Crippen LogP contribution in [0, 0.1) is 11.3 Å². The number of carbonyl (C=O) groups excluding carboxylic acids is 1. The molecule has 4 rings (SSSR count). The lowest BCUT2D eigenvalue weighted by Gasteiger charge is -2.43. The van der Waals surface area contributed by atoms with E-state index in [1.54, 1.807) is 0 Å². The summed E-state index contributed by atoms with van der Waals surface area (Å²) in [6.45, 7) is 9.74. The van der Waals surface area contributed by atoms with Crippen LogP contribution in [-0.4, -0.2) is 25.5 Å². The fraction of sp³-hybridized carbons (Fsp3) is 0.696. The van der Waals surface area contributed by atoms with Gasteiger partial charge in [0.1, 0.15) is 0 Å². The molecule has 2 saturated carbocycles. The maximum Gasteiger partial charge on any atom is 0.223 e. The zero-order valence-electron chi connectivity index (χ0n) is 16.7. The van der Waals surface area contributed by atoms with Gasteiger partial charge in [-0.2, -0.15) is 0 Å². The Morgan fingerprint density at radius 2 is 1.77 bits per heavy atom. The molecule has 1 aliphatic heterocycles. The summed E-state index contributed by atoms with van der Waals surface area (Å²) in [6.07, 6.45) is 7.11. The van der Waals surface area contributed by atoms with Gasteiger partial charge < -0.3 is 10.6 Å².